The standard InChI is InChI=1S/C25H23FO5/c1-3-16(2)15-30-24(28)20-10-13-23(22(26)14-20)31-25(29)19-6-4-17(5-7-19)18-8-11-21(27)12-9-18/h4-14,16,27H,3,15H2,1-2H3. The van der Waals surface area contributed by atoms with Crippen molar-refractivity contribution in [2.75, 3.05) is 6.61 Å². The Kier molecular flexibility index (Phi) is 7.03. The second-order valence-electron chi connectivity index (χ2n) is 7.27. The van der Waals surface area contributed by atoms with Crippen LogP contribution >= 0.6 is 0 Å². The second-order valence-corrected chi connectivity index (χ2v) is 7.27. The van der Waals surface area contributed by atoms with Crippen LogP contribution in [-0.2, 0) is 4.74 Å². The number of esters is 2. The van der Waals surface area contributed by atoms with Crippen LogP contribution in [0.2, 0.25) is 0 Å². The van der Waals surface area contributed by atoms with Crippen LogP contribution in [0.15, 0.2) is 66.7 Å². The molecule has 0 fully saturated rings. The van der Waals surface area contributed by atoms with Gasteiger partial charge in [-0.25, -0.2) is 14.0 Å². The highest BCUT2D eigenvalue weighted by Gasteiger charge is 2.16. The number of hydrogen-bond donors (Lipinski definition) is 1. The third-order valence-corrected chi connectivity index (χ3v) is 4.89. The summed E-state index contributed by atoms with van der Waals surface area (Å²) in [4.78, 5) is 24.4. The molecule has 3 rings (SSSR count). The van der Waals surface area contributed by atoms with Crippen LogP contribution in [-0.4, -0.2) is 23.7 Å². The van der Waals surface area contributed by atoms with Crippen LogP contribution in [0.1, 0.15) is 41.0 Å². The Hall–Kier alpha value is -3.67. The molecule has 3 aromatic rings. The Morgan fingerprint density at radius 2 is 1.48 bits per heavy atom. The van der Waals surface area contributed by atoms with Crippen molar-refractivity contribution in [3.05, 3.63) is 83.7 Å². The molecule has 0 radical (unpaired) electrons. The van der Waals surface area contributed by atoms with Gasteiger partial charge in [0.25, 0.3) is 0 Å². The molecular formula is C25H23FO5. The molecule has 0 bridgehead atoms. The van der Waals surface area contributed by atoms with E-state index in [-0.39, 0.29) is 35.2 Å². The van der Waals surface area contributed by atoms with E-state index < -0.39 is 17.8 Å². The highest BCUT2D eigenvalue weighted by atomic mass is 19.1. The Bertz CT molecular complexity index is 1060. The first kappa shape index (κ1) is 22.0. The number of phenolic OH excluding ortho intramolecular Hbond substituents is 1. The molecule has 160 valence electrons. The summed E-state index contributed by atoms with van der Waals surface area (Å²) >= 11 is 0. The summed E-state index contributed by atoms with van der Waals surface area (Å²) in [6.45, 7) is 4.20. The van der Waals surface area contributed by atoms with Gasteiger partial charge in [0, 0.05) is 0 Å². The van der Waals surface area contributed by atoms with E-state index in [0.29, 0.717) is 0 Å². The summed E-state index contributed by atoms with van der Waals surface area (Å²) in [6.07, 6.45) is 0.868. The Labute approximate surface area is 180 Å². The van der Waals surface area contributed by atoms with Gasteiger partial charge >= 0.3 is 11.9 Å². The molecule has 0 spiro atoms. The van der Waals surface area contributed by atoms with Gasteiger partial charge in [0.2, 0.25) is 0 Å². The lowest BCUT2D eigenvalue weighted by Gasteiger charge is -2.10. The maximum absolute atomic E-state index is 14.4. The number of ether oxygens (including phenoxy) is 2. The molecule has 0 aliphatic heterocycles. The molecule has 1 N–H and O–H groups in total. The average molecular weight is 422 g/mol. The van der Waals surface area contributed by atoms with Crippen molar-refractivity contribution in [1.82, 2.24) is 0 Å². The monoisotopic (exact) mass is 422 g/mol. The van der Waals surface area contributed by atoms with Gasteiger partial charge in [0.15, 0.2) is 11.6 Å². The molecule has 0 aromatic heterocycles. The predicted octanol–water partition coefficient (Wildman–Crippen LogP) is 5.62. The van der Waals surface area contributed by atoms with Gasteiger partial charge < -0.3 is 14.6 Å². The molecule has 0 heterocycles. The van der Waals surface area contributed by atoms with E-state index in [9.17, 15) is 19.1 Å². The van der Waals surface area contributed by atoms with Crippen molar-refractivity contribution in [3.63, 3.8) is 0 Å². The van der Waals surface area contributed by atoms with Gasteiger partial charge in [-0.05, 0) is 59.5 Å². The van der Waals surface area contributed by atoms with Crippen LogP contribution in [0.4, 0.5) is 4.39 Å². The fourth-order valence-electron chi connectivity index (χ4n) is 2.74. The van der Waals surface area contributed by atoms with Crippen molar-refractivity contribution in [2.45, 2.75) is 20.3 Å². The van der Waals surface area contributed by atoms with Crippen LogP contribution in [0.5, 0.6) is 11.5 Å². The largest absolute Gasteiger partial charge is 0.508 e. The number of phenols is 1. The molecule has 3 aromatic carbocycles. The molecule has 0 saturated carbocycles. The second kappa shape index (κ2) is 9.89. The van der Waals surface area contributed by atoms with Crippen LogP contribution < -0.4 is 4.74 Å². The molecule has 1 atom stereocenters. The topological polar surface area (TPSA) is 72.8 Å². The van der Waals surface area contributed by atoms with Crippen molar-refractivity contribution in [2.24, 2.45) is 5.92 Å². The molecule has 0 amide bonds. The van der Waals surface area contributed by atoms with Crippen molar-refractivity contribution in [3.8, 4) is 22.6 Å². The van der Waals surface area contributed by atoms with Crippen LogP contribution in [0.25, 0.3) is 11.1 Å². The third kappa shape index (κ3) is 5.69. The number of carbonyl (C=O) groups excluding carboxylic acids is 2. The zero-order valence-corrected chi connectivity index (χ0v) is 17.3. The molecule has 6 heteroatoms. The van der Waals surface area contributed by atoms with Crippen molar-refractivity contribution in [1.29, 1.82) is 0 Å². The maximum atomic E-state index is 14.4. The molecule has 0 saturated heterocycles. The number of rotatable bonds is 7. The summed E-state index contributed by atoms with van der Waals surface area (Å²) < 4.78 is 24.7. The highest BCUT2D eigenvalue weighted by molar-refractivity contribution is 5.92. The summed E-state index contributed by atoms with van der Waals surface area (Å²) in [5, 5.41) is 9.37. The van der Waals surface area contributed by atoms with Crippen molar-refractivity contribution < 1.29 is 28.6 Å². The molecule has 1 unspecified atom stereocenters. The fourth-order valence-corrected chi connectivity index (χ4v) is 2.74. The minimum atomic E-state index is -0.827. The van der Waals surface area contributed by atoms with Gasteiger partial charge in [-0.2, -0.15) is 0 Å². The van der Waals surface area contributed by atoms with E-state index in [0.717, 1.165) is 23.6 Å². The summed E-state index contributed by atoms with van der Waals surface area (Å²) in [7, 11) is 0. The number of carbonyl (C=O) groups is 2. The van der Waals surface area contributed by atoms with Gasteiger partial charge in [-0.15, -0.1) is 0 Å². The fraction of sp³-hybridized carbons (Fsp3) is 0.200. The van der Waals surface area contributed by atoms with Gasteiger partial charge in [0.1, 0.15) is 5.75 Å². The first-order chi connectivity index (χ1) is 14.9. The lowest BCUT2D eigenvalue weighted by Crippen LogP contribution is -2.13. The van der Waals surface area contributed by atoms with E-state index in [1.165, 1.54) is 12.1 Å². The van der Waals surface area contributed by atoms with E-state index >= 15 is 0 Å². The predicted molar refractivity (Wildman–Crippen MR) is 115 cm³/mol. The number of halogens is 1. The minimum Gasteiger partial charge on any atom is -0.508 e. The Morgan fingerprint density at radius 1 is 0.903 bits per heavy atom. The summed E-state index contributed by atoms with van der Waals surface area (Å²) in [5.74, 6) is -2.06. The first-order valence-electron chi connectivity index (χ1n) is 9.95. The number of aromatic hydroxyl groups is 1. The average Bonchev–Trinajstić information content (AvgIpc) is 2.79. The Morgan fingerprint density at radius 3 is 2.06 bits per heavy atom. The lowest BCUT2D eigenvalue weighted by atomic mass is 10.0. The molecular weight excluding hydrogens is 399 g/mol. The lowest BCUT2D eigenvalue weighted by molar-refractivity contribution is 0.0446. The van der Waals surface area contributed by atoms with Crippen LogP contribution in [0.3, 0.4) is 0 Å². The molecule has 0 aliphatic rings. The molecule has 31 heavy (non-hydrogen) atoms. The molecule has 0 aliphatic carbocycles. The normalized spacial score (nSPS) is 11.6. The Balaban J connectivity index is 1.66. The number of hydrogen-bond acceptors (Lipinski definition) is 5. The minimum absolute atomic E-state index is 0.0545. The highest BCUT2D eigenvalue weighted by Crippen LogP contribution is 2.24. The maximum Gasteiger partial charge on any atom is 0.343 e. The number of benzene rings is 3. The van der Waals surface area contributed by atoms with Gasteiger partial charge in [-0.3, -0.25) is 0 Å². The summed E-state index contributed by atoms with van der Waals surface area (Å²) in [6, 6.07) is 16.9. The van der Waals surface area contributed by atoms with Gasteiger partial charge in [0.05, 0.1) is 17.7 Å². The third-order valence-electron chi connectivity index (χ3n) is 4.89. The van der Waals surface area contributed by atoms with E-state index in [1.54, 1.807) is 48.5 Å². The summed E-state index contributed by atoms with van der Waals surface area (Å²) in [5.41, 5.74) is 2.03. The first-order valence-corrected chi connectivity index (χ1v) is 9.95. The van der Waals surface area contributed by atoms with Crippen molar-refractivity contribution >= 4 is 11.9 Å². The van der Waals surface area contributed by atoms with E-state index in [2.05, 4.69) is 0 Å². The quantitative estimate of drug-likeness (QED) is 0.395. The van der Waals surface area contributed by atoms with E-state index in [4.69, 9.17) is 9.47 Å². The smallest absolute Gasteiger partial charge is 0.343 e. The van der Waals surface area contributed by atoms with Gasteiger partial charge in [-0.1, -0.05) is 44.5 Å². The molecule has 5 nitrogen and oxygen atoms in total. The zero-order chi connectivity index (χ0) is 22.4. The van der Waals surface area contributed by atoms with E-state index in [1.807, 2.05) is 13.8 Å². The SMILES string of the molecule is CCC(C)COC(=O)c1ccc(OC(=O)c2ccc(-c3ccc(O)cc3)cc2)c(F)c1. The zero-order valence-electron chi connectivity index (χ0n) is 17.3. The van der Waals surface area contributed by atoms with Crippen LogP contribution in [0, 0.1) is 11.7 Å².